The van der Waals surface area contributed by atoms with E-state index in [1.165, 1.54) is 22.0 Å². The first-order valence-electron chi connectivity index (χ1n) is 8.98. The fourth-order valence-corrected chi connectivity index (χ4v) is 4.97. The number of benzene rings is 2. The lowest BCUT2D eigenvalue weighted by Crippen LogP contribution is -2.32. The Morgan fingerprint density at radius 2 is 1.78 bits per heavy atom. The molecule has 0 saturated heterocycles. The minimum absolute atomic E-state index is 0.0425. The summed E-state index contributed by atoms with van der Waals surface area (Å²) in [7, 11) is -3.74. The smallest absolute Gasteiger partial charge is 0.293 e. The van der Waals surface area contributed by atoms with Crippen molar-refractivity contribution >= 4 is 21.4 Å². The van der Waals surface area contributed by atoms with Gasteiger partial charge in [0.1, 0.15) is 5.69 Å². The van der Waals surface area contributed by atoms with Gasteiger partial charge in [0.15, 0.2) is 0 Å². The van der Waals surface area contributed by atoms with Gasteiger partial charge in [-0.2, -0.15) is 4.31 Å². The van der Waals surface area contributed by atoms with Crippen LogP contribution < -0.4 is 4.90 Å². The van der Waals surface area contributed by atoms with Crippen LogP contribution in [0.25, 0.3) is 0 Å². The molecular weight excluding hydrogens is 366 g/mol. The van der Waals surface area contributed by atoms with Gasteiger partial charge in [-0.05, 0) is 29.7 Å². The SMILES string of the molecule is CCN(CC)S(=O)(=O)c1ccc(N2CCc3ccccc3C2)c([N+](=O)[O-])c1. The molecule has 0 spiro atoms. The van der Waals surface area contributed by atoms with Crippen LogP contribution in [0.5, 0.6) is 0 Å². The highest BCUT2D eigenvalue weighted by atomic mass is 32.2. The number of nitro benzene ring substituents is 1. The second kappa shape index (κ2) is 7.66. The highest BCUT2D eigenvalue weighted by molar-refractivity contribution is 7.89. The summed E-state index contributed by atoms with van der Waals surface area (Å²) in [5, 5.41) is 11.7. The van der Waals surface area contributed by atoms with Crippen molar-refractivity contribution in [2.45, 2.75) is 31.7 Å². The van der Waals surface area contributed by atoms with Gasteiger partial charge >= 0.3 is 0 Å². The molecule has 1 heterocycles. The zero-order valence-corrected chi connectivity index (χ0v) is 16.3. The summed E-state index contributed by atoms with van der Waals surface area (Å²) in [5.74, 6) is 0. The van der Waals surface area contributed by atoms with E-state index in [2.05, 4.69) is 6.07 Å². The molecule has 7 nitrogen and oxygen atoms in total. The molecule has 0 unspecified atom stereocenters. The Balaban J connectivity index is 2.00. The predicted molar refractivity (Wildman–Crippen MR) is 104 cm³/mol. The van der Waals surface area contributed by atoms with Gasteiger partial charge in [0.2, 0.25) is 10.0 Å². The molecule has 0 aliphatic carbocycles. The van der Waals surface area contributed by atoms with Crippen LogP contribution in [0.2, 0.25) is 0 Å². The average Bonchev–Trinajstić information content (AvgIpc) is 2.67. The lowest BCUT2D eigenvalue weighted by atomic mass is 9.99. The quantitative estimate of drug-likeness (QED) is 0.560. The van der Waals surface area contributed by atoms with Crippen molar-refractivity contribution < 1.29 is 13.3 Å². The van der Waals surface area contributed by atoms with Crippen molar-refractivity contribution in [1.82, 2.24) is 4.31 Å². The number of fused-ring (bicyclic) bond motifs is 1. The summed E-state index contributed by atoms with van der Waals surface area (Å²) < 4.78 is 26.7. The maximum Gasteiger partial charge on any atom is 0.293 e. The molecule has 0 atom stereocenters. The second-order valence-corrected chi connectivity index (χ2v) is 8.38. The van der Waals surface area contributed by atoms with Gasteiger partial charge in [0.05, 0.1) is 9.82 Å². The Hall–Kier alpha value is -2.45. The Bertz CT molecular complexity index is 955. The summed E-state index contributed by atoms with van der Waals surface area (Å²) in [6, 6.07) is 12.2. The van der Waals surface area contributed by atoms with Crippen molar-refractivity contribution in [3.63, 3.8) is 0 Å². The molecule has 8 heteroatoms. The summed E-state index contributed by atoms with van der Waals surface area (Å²) in [6.07, 6.45) is 0.798. The van der Waals surface area contributed by atoms with Gasteiger partial charge in [0, 0.05) is 32.2 Å². The van der Waals surface area contributed by atoms with Gasteiger partial charge in [-0.3, -0.25) is 10.1 Å². The van der Waals surface area contributed by atoms with E-state index in [1.54, 1.807) is 19.9 Å². The van der Waals surface area contributed by atoms with Crippen LogP contribution in [0.4, 0.5) is 11.4 Å². The lowest BCUT2D eigenvalue weighted by Gasteiger charge is -2.30. The topological polar surface area (TPSA) is 83.8 Å². The molecule has 0 saturated carbocycles. The monoisotopic (exact) mass is 389 g/mol. The lowest BCUT2D eigenvalue weighted by molar-refractivity contribution is -0.384. The molecule has 3 rings (SSSR count). The van der Waals surface area contributed by atoms with E-state index in [-0.39, 0.29) is 10.6 Å². The zero-order valence-electron chi connectivity index (χ0n) is 15.5. The van der Waals surface area contributed by atoms with Crippen molar-refractivity contribution in [3.8, 4) is 0 Å². The molecule has 0 fully saturated rings. The zero-order chi connectivity index (χ0) is 19.6. The molecule has 0 bridgehead atoms. The number of hydrogen-bond donors (Lipinski definition) is 0. The Morgan fingerprint density at radius 3 is 2.41 bits per heavy atom. The fourth-order valence-electron chi connectivity index (χ4n) is 3.49. The van der Waals surface area contributed by atoms with Crippen LogP contribution in [-0.4, -0.2) is 37.3 Å². The van der Waals surface area contributed by atoms with Crippen molar-refractivity contribution in [2.75, 3.05) is 24.5 Å². The van der Waals surface area contributed by atoms with E-state index >= 15 is 0 Å². The van der Waals surface area contributed by atoms with E-state index in [0.29, 0.717) is 31.9 Å². The third-order valence-electron chi connectivity index (χ3n) is 4.96. The third kappa shape index (κ3) is 3.68. The largest absolute Gasteiger partial charge is 0.361 e. The minimum atomic E-state index is -3.74. The molecule has 0 radical (unpaired) electrons. The Labute approximate surface area is 159 Å². The molecule has 2 aromatic carbocycles. The molecule has 27 heavy (non-hydrogen) atoms. The van der Waals surface area contributed by atoms with Gasteiger partial charge in [-0.1, -0.05) is 38.1 Å². The van der Waals surface area contributed by atoms with Crippen LogP contribution >= 0.6 is 0 Å². The van der Waals surface area contributed by atoms with Crippen LogP contribution in [0.3, 0.4) is 0 Å². The molecule has 2 aromatic rings. The first-order chi connectivity index (χ1) is 12.9. The van der Waals surface area contributed by atoms with Gasteiger partial charge in [0.25, 0.3) is 5.69 Å². The van der Waals surface area contributed by atoms with Crippen molar-refractivity contribution in [2.24, 2.45) is 0 Å². The number of rotatable bonds is 6. The first-order valence-corrected chi connectivity index (χ1v) is 10.4. The van der Waals surface area contributed by atoms with Crippen LogP contribution in [0.1, 0.15) is 25.0 Å². The second-order valence-electron chi connectivity index (χ2n) is 6.44. The number of sulfonamides is 1. The van der Waals surface area contributed by atoms with Crippen LogP contribution in [0, 0.1) is 10.1 Å². The van der Waals surface area contributed by atoms with Gasteiger partial charge in [-0.15, -0.1) is 0 Å². The van der Waals surface area contributed by atoms with Gasteiger partial charge < -0.3 is 4.90 Å². The van der Waals surface area contributed by atoms with E-state index in [9.17, 15) is 18.5 Å². The first kappa shape index (κ1) is 19.3. The standard InChI is InChI=1S/C19H23N3O4S/c1-3-21(4-2)27(25,26)17-9-10-18(19(13-17)22(23)24)20-12-11-15-7-5-6-8-16(15)14-20/h5-10,13H,3-4,11-12,14H2,1-2H3. The molecule has 0 N–H and O–H groups in total. The van der Waals surface area contributed by atoms with Crippen molar-refractivity contribution in [1.29, 1.82) is 0 Å². The van der Waals surface area contributed by atoms with E-state index in [4.69, 9.17) is 0 Å². The summed E-state index contributed by atoms with van der Waals surface area (Å²) in [5.41, 5.74) is 2.66. The number of anilines is 1. The minimum Gasteiger partial charge on any atom is -0.361 e. The predicted octanol–water partition coefficient (Wildman–Crippen LogP) is 3.19. The molecule has 0 amide bonds. The molecule has 0 aromatic heterocycles. The van der Waals surface area contributed by atoms with E-state index < -0.39 is 14.9 Å². The highest BCUT2D eigenvalue weighted by Crippen LogP contribution is 2.34. The normalized spacial score (nSPS) is 14.3. The van der Waals surface area contributed by atoms with Crippen molar-refractivity contribution in [3.05, 3.63) is 63.7 Å². The molecule has 144 valence electrons. The summed E-state index contributed by atoms with van der Waals surface area (Å²) in [6.45, 7) is 5.34. The molecule has 1 aliphatic heterocycles. The highest BCUT2D eigenvalue weighted by Gasteiger charge is 2.28. The van der Waals surface area contributed by atoms with E-state index in [0.717, 1.165) is 12.0 Å². The third-order valence-corrected chi connectivity index (χ3v) is 7.00. The van der Waals surface area contributed by atoms with Gasteiger partial charge in [-0.25, -0.2) is 8.42 Å². The number of nitro groups is 1. The Morgan fingerprint density at radius 1 is 1.11 bits per heavy atom. The maximum atomic E-state index is 12.7. The fraction of sp³-hybridized carbons (Fsp3) is 0.368. The molecular formula is C19H23N3O4S. The number of nitrogens with zero attached hydrogens (tertiary/aromatic N) is 3. The van der Waals surface area contributed by atoms with E-state index in [1.807, 2.05) is 23.1 Å². The van der Waals surface area contributed by atoms with Crippen LogP contribution in [0.15, 0.2) is 47.4 Å². The Kier molecular flexibility index (Phi) is 5.48. The maximum absolute atomic E-state index is 12.7. The average molecular weight is 389 g/mol. The van der Waals surface area contributed by atoms with Crippen LogP contribution in [-0.2, 0) is 23.0 Å². The summed E-state index contributed by atoms with van der Waals surface area (Å²) in [4.78, 5) is 13.1. The number of hydrogen-bond acceptors (Lipinski definition) is 5. The summed E-state index contributed by atoms with van der Waals surface area (Å²) >= 11 is 0. The molecule has 1 aliphatic rings.